The number of carboxylic acid groups (broad SMARTS) is 1. The predicted octanol–water partition coefficient (Wildman–Crippen LogP) is 5.49. The van der Waals surface area contributed by atoms with Crippen LogP contribution in [0.2, 0.25) is 0 Å². The Morgan fingerprint density at radius 1 is 0.861 bits per heavy atom. The topological polar surface area (TPSA) is 87.0 Å². The summed E-state index contributed by atoms with van der Waals surface area (Å²) in [6.07, 6.45) is 0. The van der Waals surface area contributed by atoms with Crippen molar-refractivity contribution < 1.29 is 28.9 Å². The molecule has 0 radical (unpaired) electrons. The third-order valence-corrected chi connectivity index (χ3v) is 6.26. The summed E-state index contributed by atoms with van der Waals surface area (Å²) in [5.41, 5.74) is 2.34. The van der Waals surface area contributed by atoms with Crippen LogP contribution in [-0.2, 0) is 11.3 Å². The highest BCUT2D eigenvalue weighted by atomic mass is 16.5. The Labute approximate surface area is 209 Å². The van der Waals surface area contributed by atoms with Crippen LogP contribution in [0.5, 0.6) is 17.2 Å². The molecule has 0 aliphatic rings. The lowest BCUT2D eigenvalue weighted by molar-refractivity contribution is -0.152. The van der Waals surface area contributed by atoms with Gasteiger partial charge in [-0.05, 0) is 74.9 Å². The van der Waals surface area contributed by atoms with E-state index in [2.05, 4.69) is 4.57 Å². The molecule has 0 unspecified atom stereocenters. The molecule has 0 bridgehead atoms. The lowest BCUT2D eigenvalue weighted by Gasteiger charge is -2.21. The number of hydrogen-bond donors (Lipinski definition) is 1. The van der Waals surface area contributed by atoms with Crippen LogP contribution in [0.4, 0.5) is 0 Å². The first-order valence-electron chi connectivity index (χ1n) is 11.5. The van der Waals surface area contributed by atoms with Gasteiger partial charge < -0.3 is 23.9 Å². The zero-order valence-electron chi connectivity index (χ0n) is 21.0. The van der Waals surface area contributed by atoms with Gasteiger partial charge in [-0.3, -0.25) is 4.79 Å². The Morgan fingerprint density at radius 2 is 1.42 bits per heavy atom. The number of fused-ring (bicyclic) bond motifs is 1. The first kappa shape index (κ1) is 24.9. The van der Waals surface area contributed by atoms with Crippen molar-refractivity contribution in [1.29, 1.82) is 0 Å². The number of benzene rings is 3. The lowest BCUT2D eigenvalue weighted by Crippen LogP contribution is -2.37. The molecule has 4 aromatic rings. The van der Waals surface area contributed by atoms with E-state index in [9.17, 15) is 14.7 Å². The summed E-state index contributed by atoms with van der Waals surface area (Å²) in [4.78, 5) is 25.3. The third-order valence-electron chi connectivity index (χ3n) is 6.26. The van der Waals surface area contributed by atoms with Crippen LogP contribution in [0.15, 0.2) is 66.7 Å². The molecule has 7 nitrogen and oxygen atoms in total. The Kier molecular flexibility index (Phi) is 6.75. The van der Waals surface area contributed by atoms with Crippen molar-refractivity contribution >= 4 is 22.7 Å². The fourth-order valence-electron chi connectivity index (χ4n) is 4.15. The van der Waals surface area contributed by atoms with Gasteiger partial charge in [0, 0.05) is 29.3 Å². The maximum atomic E-state index is 13.7. The van der Waals surface area contributed by atoms with Gasteiger partial charge in [0.2, 0.25) is 0 Å². The van der Waals surface area contributed by atoms with E-state index >= 15 is 0 Å². The molecule has 36 heavy (non-hydrogen) atoms. The van der Waals surface area contributed by atoms with Crippen molar-refractivity contribution in [3.05, 3.63) is 89.1 Å². The first-order chi connectivity index (χ1) is 17.1. The molecule has 0 aliphatic carbocycles. The van der Waals surface area contributed by atoms with Crippen molar-refractivity contribution in [3.8, 4) is 17.2 Å². The number of carbonyl (C=O) groups is 2. The molecule has 4 rings (SSSR count). The Balaban J connectivity index is 1.84. The van der Waals surface area contributed by atoms with Crippen LogP contribution >= 0.6 is 0 Å². The van der Waals surface area contributed by atoms with Crippen molar-refractivity contribution in [1.82, 2.24) is 4.57 Å². The Morgan fingerprint density at radius 3 is 1.97 bits per heavy atom. The van der Waals surface area contributed by atoms with E-state index in [-0.39, 0.29) is 5.78 Å². The van der Waals surface area contributed by atoms with E-state index in [0.29, 0.717) is 29.2 Å². The summed E-state index contributed by atoms with van der Waals surface area (Å²) in [6.45, 7) is 5.43. The van der Waals surface area contributed by atoms with Gasteiger partial charge in [-0.2, -0.15) is 0 Å². The molecule has 1 heterocycles. The standard InChI is InChI=1S/C29H29NO6/c1-18-26(27(31)20-8-12-22(35-5)13-9-20)24-15-14-23(36-29(2,3)28(32)33)16-25(24)30(18)17-19-6-10-21(34-4)11-7-19/h6-16H,17H2,1-5H3,(H,32,33). The van der Waals surface area contributed by atoms with Crippen LogP contribution in [-0.4, -0.2) is 41.2 Å². The molecule has 0 spiro atoms. The van der Waals surface area contributed by atoms with E-state index in [0.717, 1.165) is 27.9 Å². The molecular formula is C29H29NO6. The quantitative estimate of drug-likeness (QED) is 0.314. The van der Waals surface area contributed by atoms with Gasteiger partial charge >= 0.3 is 5.97 Å². The monoisotopic (exact) mass is 487 g/mol. The second kappa shape index (κ2) is 9.77. The number of methoxy groups -OCH3 is 2. The van der Waals surface area contributed by atoms with Gasteiger partial charge in [-0.15, -0.1) is 0 Å². The number of aromatic nitrogens is 1. The van der Waals surface area contributed by atoms with E-state index in [1.54, 1.807) is 50.6 Å². The Bertz CT molecular complexity index is 1420. The predicted molar refractivity (Wildman–Crippen MR) is 138 cm³/mol. The highest BCUT2D eigenvalue weighted by Gasteiger charge is 2.30. The SMILES string of the molecule is COc1ccc(Cn2c(C)c(C(=O)c3ccc(OC)cc3)c3ccc(OC(C)(C)C(=O)O)cc32)cc1. The fraction of sp³-hybridized carbons (Fsp3) is 0.241. The number of rotatable bonds is 9. The number of hydrogen-bond acceptors (Lipinski definition) is 5. The minimum absolute atomic E-state index is 0.104. The number of ketones is 1. The zero-order chi connectivity index (χ0) is 26.0. The summed E-state index contributed by atoms with van der Waals surface area (Å²) in [7, 11) is 3.20. The highest BCUT2D eigenvalue weighted by molar-refractivity contribution is 6.17. The van der Waals surface area contributed by atoms with Crippen molar-refractivity contribution in [2.45, 2.75) is 32.9 Å². The number of aliphatic carboxylic acids is 1. The van der Waals surface area contributed by atoms with E-state index in [4.69, 9.17) is 14.2 Å². The minimum Gasteiger partial charge on any atom is -0.497 e. The lowest BCUT2D eigenvalue weighted by atomic mass is 10.0. The minimum atomic E-state index is -1.40. The van der Waals surface area contributed by atoms with Gasteiger partial charge in [-0.1, -0.05) is 12.1 Å². The second-order valence-electron chi connectivity index (χ2n) is 9.05. The molecule has 1 aromatic heterocycles. The molecule has 0 atom stereocenters. The highest BCUT2D eigenvalue weighted by Crippen LogP contribution is 2.33. The normalized spacial score (nSPS) is 11.4. The Hall–Kier alpha value is -4.26. The summed E-state index contributed by atoms with van der Waals surface area (Å²) >= 11 is 0. The van der Waals surface area contributed by atoms with Gasteiger partial charge in [0.1, 0.15) is 17.2 Å². The van der Waals surface area contributed by atoms with Crippen LogP contribution in [0.1, 0.15) is 41.0 Å². The molecule has 0 aliphatic heterocycles. The average Bonchev–Trinajstić information content (AvgIpc) is 3.14. The van der Waals surface area contributed by atoms with Crippen LogP contribution < -0.4 is 14.2 Å². The first-order valence-corrected chi connectivity index (χ1v) is 11.5. The molecule has 186 valence electrons. The number of carbonyl (C=O) groups excluding carboxylic acids is 1. The summed E-state index contributed by atoms with van der Waals surface area (Å²) in [5, 5.41) is 10.3. The molecule has 1 N–H and O–H groups in total. The molecule has 7 heteroatoms. The fourth-order valence-corrected chi connectivity index (χ4v) is 4.15. The van der Waals surface area contributed by atoms with Crippen molar-refractivity contribution in [2.75, 3.05) is 14.2 Å². The van der Waals surface area contributed by atoms with Crippen molar-refractivity contribution in [2.24, 2.45) is 0 Å². The second-order valence-corrected chi connectivity index (χ2v) is 9.05. The third kappa shape index (κ3) is 4.77. The summed E-state index contributed by atoms with van der Waals surface area (Å²) in [6, 6.07) is 20.1. The van der Waals surface area contributed by atoms with E-state index < -0.39 is 11.6 Å². The molecule has 0 saturated carbocycles. The molecule has 0 fully saturated rings. The summed E-state index contributed by atoms with van der Waals surface area (Å²) in [5.74, 6) is 0.672. The van der Waals surface area contributed by atoms with E-state index in [1.807, 2.05) is 37.3 Å². The van der Waals surface area contributed by atoms with Crippen molar-refractivity contribution in [3.63, 3.8) is 0 Å². The average molecular weight is 488 g/mol. The van der Waals surface area contributed by atoms with Gasteiger partial charge in [0.25, 0.3) is 0 Å². The molecule has 0 saturated heterocycles. The van der Waals surface area contributed by atoms with Gasteiger partial charge in [0.15, 0.2) is 11.4 Å². The van der Waals surface area contributed by atoms with Gasteiger partial charge in [-0.25, -0.2) is 4.79 Å². The van der Waals surface area contributed by atoms with Crippen LogP contribution in [0.25, 0.3) is 10.9 Å². The zero-order valence-corrected chi connectivity index (χ0v) is 21.0. The van der Waals surface area contributed by atoms with Crippen LogP contribution in [0.3, 0.4) is 0 Å². The largest absolute Gasteiger partial charge is 0.497 e. The molecular weight excluding hydrogens is 458 g/mol. The number of carboxylic acids is 1. The summed E-state index contributed by atoms with van der Waals surface area (Å²) < 4.78 is 18.3. The number of nitrogens with zero attached hydrogens (tertiary/aromatic N) is 1. The maximum Gasteiger partial charge on any atom is 0.347 e. The smallest absolute Gasteiger partial charge is 0.347 e. The molecule has 0 amide bonds. The number of ether oxygens (including phenoxy) is 3. The molecule has 3 aromatic carbocycles. The maximum absolute atomic E-state index is 13.7. The van der Waals surface area contributed by atoms with Crippen LogP contribution in [0, 0.1) is 6.92 Å². The van der Waals surface area contributed by atoms with E-state index in [1.165, 1.54) is 13.8 Å². The van der Waals surface area contributed by atoms with Gasteiger partial charge in [0.05, 0.1) is 25.3 Å².